The van der Waals surface area contributed by atoms with Gasteiger partial charge in [-0.25, -0.2) is 4.79 Å². The molecule has 0 fully saturated rings. The highest BCUT2D eigenvalue weighted by atomic mass is 16.5. The van der Waals surface area contributed by atoms with E-state index in [0.717, 1.165) is 5.76 Å². The fourth-order valence-electron chi connectivity index (χ4n) is 2.37. The average Bonchev–Trinajstić information content (AvgIpc) is 3.16. The van der Waals surface area contributed by atoms with Crippen molar-refractivity contribution >= 4 is 5.97 Å². The molecule has 2 aromatic heterocycles. The molecule has 2 heterocycles. The van der Waals surface area contributed by atoms with Crippen LogP contribution in [0.25, 0.3) is 0 Å². The molecule has 0 aliphatic heterocycles. The van der Waals surface area contributed by atoms with Crippen molar-refractivity contribution in [3.63, 3.8) is 0 Å². The van der Waals surface area contributed by atoms with E-state index in [0.29, 0.717) is 36.8 Å². The molecule has 7 nitrogen and oxygen atoms in total. The first-order valence-electron chi connectivity index (χ1n) is 7.64. The molecule has 0 bridgehead atoms. The molecule has 1 atom stereocenters. The van der Waals surface area contributed by atoms with Crippen LogP contribution in [0.2, 0.25) is 0 Å². The molecular weight excluding hydrogens is 314 g/mol. The molecule has 132 valence electrons. The van der Waals surface area contributed by atoms with Gasteiger partial charge in [-0.2, -0.15) is 0 Å². The molecule has 0 amide bonds. The minimum absolute atomic E-state index is 0.204. The van der Waals surface area contributed by atoms with Crippen LogP contribution in [0.5, 0.6) is 0 Å². The number of aliphatic hydroxyl groups is 1. The van der Waals surface area contributed by atoms with Crippen molar-refractivity contribution in [2.24, 2.45) is 0 Å². The number of esters is 1. The maximum Gasteiger partial charge on any atom is 0.341 e. The van der Waals surface area contributed by atoms with Crippen LogP contribution >= 0.6 is 0 Å². The lowest BCUT2D eigenvalue weighted by atomic mass is 10.2. The Kier molecular flexibility index (Phi) is 6.60. The number of nitrogens with zero attached hydrogens (tertiary/aromatic N) is 1. The normalized spacial score (nSPS) is 12.5. The zero-order valence-corrected chi connectivity index (χ0v) is 14.2. The van der Waals surface area contributed by atoms with Gasteiger partial charge < -0.3 is 23.4 Å². The Morgan fingerprint density at radius 1 is 1.42 bits per heavy atom. The highest BCUT2D eigenvalue weighted by molar-refractivity contribution is 5.90. The zero-order valence-electron chi connectivity index (χ0n) is 14.2. The summed E-state index contributed by atoms with van der Waals surface area (Å²) in [6.45, 7) is 3.12. The van der Waals surface area contributed by atoms with Crippen LogP contribution in [0.3, 0.4) is 0 Å². The van der Waals surface area contributed by atoms with Crippen molar-refractivity contribution in [1.82, 2.24) is 4.90 Å². The molecule has 0 unspecified atom stereocenters. The van der Waals surface area contributed by atoms with E-state index in [1.165, 1.54) is 7.11 Å². The fourth-order valence-corrected chi connectivity index (χ4v) is 2.37. The van der Waals surface area contributed by atoms with Gasteiger partial charge in [0.1, 0.15) is 29.5 Å². The SMILES string of the molecule is COC(=O)c1cc(CN(C)C[C@H](O)COCc2ccco2)oc1C. The monoisotopic (exact) mass is 337 g/mol. The van der Waals surface area contributed by atoms with Crippen LogP contribution in [0, 0.1) is 6.92 Å². The lowest BCUT2D eigenvalue weighted by Crippen LogP contribution is -2.31. The van der Waals surface area contributed by atoms with Gasteiger partial charge in [-0.05, 0) is 32.2 Å². The molecule has 2 aromatic rings. The standard InChI is InChI=1S/C17H23NO6/c1-12-16(17(20)21-3)7-15(24-12)9-18(2)8-13(19)10-22-11-14-5-4-6-23-14/h4-7,13,19H,8-11H2,1-3H3/t13-/m0/s1. The molecular formula is C17H23NO6. The highest BCUT2D eigenvalue weighted by Gasteiger charge is 2.17. The predicted octanol–water partition coefficient (Wildman–Crippen LogP) is 1.98. The summed E-state index contributed by atoms with van der Waals surface area (Å²) in [7, 11) is 3.19. The molecule has 0 radical (unpaired) electrons. The number of rotatable bonds is 9. The fraction of sp³-hybridized carbons (Fsp3) is 0.471. The molecule has 0 aliphatic rings. The molecule has 0 aliphatic carbocycles. The molecule has 0 saturated heterocycles. The minimum Gasteiger partial charge on any atom is -0.467 e. The lowest BCUT2D eigenvalue weighted by molar-refractivity contribution is 0.00698. The molecule has 0 saturated carbocycles. The largest absolute Gasteiger partial charge is 0.467 e. The van der Waals surface area contributed by atoms with Gasteiger partial charge in [-0.3, -0.25) is 4.90 Å². The smallest absolute Gasteiger partial charge is 0.341 e. The first kappa shape index (κ1) is 18.3. The number of aliphatic hydroxyl groups excluding tert-OH is 1. The first-order valence-corrected chi connectivity index (χ1v) is 7.64. The van der Waals surface area contributed by atoms with Gasteiger partial charge in [0.2, 0.25) is 0 Å². The van der Waals surface area contributed by atoms with Crippen LogP contribution in [0.4, 0.5) is 0 Å². The van der Waals surface area contributed by atoms with Crippen molar-refractivity contribution in [2.45, 2.75) is 26.2 Å². The number of methoxy groups -OCH3 is 1. The summed E-state index contributed by atoms with van der Waals surface area (Å²) in [5.41, 5.74) is 0.420. The van der Waals surface area contributed by atoms with Crippen LogP contribution in [0.15, 0.2) is 33.3 Å². The Morgan fingerprint density at radius 3 is 2.88 bits per heavy atom. The third-order valence-corrected chi connectivity index (χ3v) is 3.46. The van der Waals surface area contributed by atoms with E-state index < -0.39 is 12.1 Å². The van der Waals surface area contributed by atoms with Gasteiger partial charge in [0.05, 0.1) is 32.6 Å². The van der Waals surface area contributed by atoms with Crippen LogP contribution in [-0.2, 0) is 22.6 Å². The number of likely N-dealkylation sites (N-methyl/N-ethyl adjacent to an activating group) is 1. The van der Waals surface area contributed by atoms with Gasteiger partial charge >= 0.3 is 5.97 Å². The third-order valence-electron chi connectivity index (χ3n) is 3.46. The number of carbonyl (C=O) groups is 1. The van der Waals surface area contributed by atoms with E-state index in [4.69, 9.17) is 18.3 Å². The van der Waals surface area contributed by atoms with E-state index in [2.05, 4.69) is 0 Å². The summed E-state index contributed by atoms with van der Waals surface area (Å²) in [6, 6.07) is 5.27. The molecule has 24 heavy (non-hydrogen) atoms. The second kappa shape index (κ2) is 8.68. The van der Waals surface area contributed by atoms with E-state index in [1.807, 2.05) is 18.0 Å². The van der Waals surface area contributed by atoms with Crippen LogP contribution in [-0.4, -0.2) is 49.4 Å². The topological polar surface area (TPSA) is 85.3 Å². The van der Waals surface area contributed by atoms with Crippen LogP contribution < -0.4 is 0 Å². The summed E-state index contributed by atoms with van der Waals surface area (Å²) in [4.78, 5) is 13.5. The Balaban J connectivity index is 1.75. The van der Waals surface area contributed by atoms with Crippen LogP contribution in [0.1, 0.15) is 27.6 Å². The molecule has 0 spiro atoms. The van der Waals surface area contributed by atoms with Gasteiger partial charge in [0.25, 0.3) is 0 Å². The first-order chi connectivity index (χ1) is 11.5. The number of carbonyl (C=O) groups excluding carboxylic acids is 1. The maximum absolute atomic E-state index is 11.6. The Morgan fingerprint density at radius 2 is 2.21 bits per heavy atom. The highest BCUT2D eigenvalue weighted by Crippen LogP contribution is 2.17. The summed E-state index contributed by atoms with van der Waals surface area (Å²) < 4.78 is 20.8. The number of ether oxygens (including phenoxy) is 2. The lowest BCUT2D eigenvalue weighted by Gasteiger charge is -2.19. The van der Waals surface area contributed by atoms with Crippen molar-refractivity contribution in [3.8, 4) is 0 Å². The zero-order chi connectivity index (χ0) is 17.5. The Bertz CT molecular complexity index is 634. The molecule has 2 rings (SSSR count). The summed E-state index contributed by atoms with van der Waals surface area (Å²) >= 11 is 0. The molecule has 0 aromatic carbocycles. The van der Waals surface area contributed by atoms with Gasteiger partial charge in [-0.1, -0.05) is 0 Å². The average molecular weight is 337 g/mol. The van der Waals surface area contributed by atoms with E-state index in [1.54, 1.807) is 25.3 Å². The van der Waals surface area contributed by atoms with Gasteiger partial charge in [0, 0.05) is 6.54 Å². The van der Waals surface area contributed by atoms with Crippen molar-refractivity contribution < 1.29 is 28.2 Å². The third kappa shape index (κ3) is 5.23. The van der Waals surface area contributed by atoms with E-state index in [-0.39, 0.29) is 6.61 Å². The van der Waals surface area contributed by atoms with E-state index >= 15 is 0 Å². The summed E-state index contributed by atoms with van der Waals surface area (Å²) in [5.74, 6) is 1.46. The molecule has 7 heteroatoms. The number of furan rings is 2. The summed E-state index contributed by atoms with van der Waals surface area (Å²) in [6.07, 6.45) is 0.942. The number of hydrogen-bond acceptors (Lipinski definition) is 7. The Labute approximate surface area is 140 Å². The predicted molar refractivity (Wildman–Crippen MR) is 85.5 cm³/mol. The summed E-state index contributed by atoms with van der Waals surface area (Å²) in [5, 5.41) is 10.0. The second-order valence-electron chi connectivity index (χ2n) is 5.62. The second-order valence-corrected chi connectivity index (χ2v) is 5.62. The van der Waals surface area contributed by atoms with Crippen molar-refractivity contribution in [1.29, 1.82) is 0 Å². The number of aryl methyl sites for hydroxylation is 1. The quantitative estimate of drug-likeness (QED) is 0.700. The Hall–Kier alpha value is -2.09. The molecule has 1 N–H and O–H groups in total. The van der Waals surface area contributed by atoms with Crippen molar-refractivity contribution in [3.05, 3.63) is 47.3 Å². The van der Waals surface area contributed by atoms with Crippen molar-refractivity contribution in [2.75, 3.05) is 27.3 Å². The van der Waals surface area contributed by atoms with Gasteiger partial charge in [0.15, 0.2) is 0 Å². The number of hydrogen-bond donors (Lipinski definition) is 1. The maximum atomic E-state index is 11.6. The minimum atomic E-state index is -0.638. The van der Waals surface area contributed by atoms with Gasteiger partial charge in [-0.15, -0.1) is 0 Å². The van der Waals surface area contributed by atoms with E-state index in [9.17, 15) is 9.90 Å².